The molecule has 1 aliphatic rings. The Balaban J connectivity index is 2.14. The van der Waals surface area contributed by atoms with Crippen molar-refractivity contribution in [2.75, 3.05) is 13.6 Å². The van der Waals surface area contributed by atoms with Crippen LogP contribution in [-0.4, -0.2) is 35.5 Å². The molecule has 0 radical (unpaired) electrons. The number of hydroxylamine groups is 1. The Morgan fingerprint density at radius 1 is 1.29 bits per heavy atom. The van der Waals surface area contributed by atoms with Crippen molar-refractivity contribution in [2.45, 2.75) is 44.4 Å². The molecule has 0 bridgehead atoms. The lowest BCUT2D eigenvalue weighted by atomic mass is 9.77. The fourth-order valence-electron chi connectivity index (χ4n) is 3.72. The summed E-state index contributed by atoms with van der Waals surface area (Å²) in [5.74, 6) is -0.370. The smallest absolute Gasteiger partial charge is 0.243 e. The molecule has 24 heavy (non-hydrogen) atoms. The van der Waals surface area contributed by atoms with Crippen LogP contribution in [0.2, 0.25) is 5.02 Å². The van der Waals surface area contributed by atoms with Crippen LogP contribution in [0.4, 0.5) is 0 Å². The number of hydrogen-bond acceptors (Lipinski definition) is 3. The largest absolute Gasteiger partial charge is 0.345 e. The van der Waals surface area contributed by atoms with E-state index in [2.05, 4.69) is 0 Å². The van der Waals surface area contributed by atoms with E-state index in [1.165, 1.54) is 0 Å². The van der Waals surface area contributed by atoms with Crippen molar-refractivity contribution in [1.29, 1.82) is 0 Å². The van der Waals surface area contributed by atoms with Crippen molar-refractivity contribution in [2.24, 2.45) is 5.92 Å². The number of carbonyl (C=O) groups excluding carboxylic acids is 2. The fraction of sp³-hybridized carbons (Fsp3) is 0.556. The number of likely N-dealkylation sites (N-methyl/N-ethyl adjacent to an activating group) is 1. The first-order valence-electron chi connectivity index (χ1n) is 8.33. The van der Waals surface area contributed by atoms with Gasteiger partial charge in [0.1, 0.15) is 0 Å². The van der Waals surface area contributed by atoms with Crippen LogP contribution in [0.25, 0.3) is 0 Å². The molecule has 1 aliphatic carbocycles. The van der Waals surface area contributed by atoms with Gasteiger partial charge in [0.25, 0.3) is 0 Å². The Hall–Kier alpha value is -1.59. The number of amides is 2. The van der Waals surface area contributed by atoms with E-state index in [9.17, 15) is 9.59 Å². The SMILES string of the molecule is CC(CC(=O)NO)CN(C)C(=O)C1(c2ccc(Cl)cc2)CCCC1. The zero-order valence-electron chi connectivity index (χ0n) is 14.2. The van der Waals surface area contributed by atoms with Gasteiger partial charge in [-0.2, -0.15) is 0 Å². The molecule has 132 valence electrons. The lowest BCUT2D eigenvalue weighted by Crippen LogP contribution is -2.45. The van der Waals surface area contributed by atoms with Gasteiger partial charge in [-0.3, -0.25) is 14.8 Å². The molecule has 2 rings (SSSR count). The maximum atomic E-state index is 13.2. The summed E-state index contributed by atoms with van der Waals surface area (Å²) in [6, 6.07) is 7.56. The van der Waals surface area contributed by atoms with Gasteiger partial charge in [-0.05, 0) is 36.5 Å². The standard InChI is InChI=1S/C18H25ClN2O3/c1-13(11-16(22)20-24)12-21(2)17(23)18(9-3-4-10-18)14-5-7-15(19)8-6-14/h5-8,13,24H,3-4,9-12H2,1-2H3,(H,20,22). The highest BCUT2D eigenvalue weighted by Gasteiger charge is 2.44. The minimum atomic E-state index is -0.488. The van der Waals surface area contributed by atoms with E-state index in [4.69, 9.17) is 16.8 Å². The Morgan fingerprint density at radius 2 is 1.88 bits per heavy atom. The average molecular weight is 353 g/mol. The molecule has 1 unspecified atom stereocenters. The summed E-state index contributed by atoms with van der Waals surface area (Å²) < 4.78 is 0. The minimum Gasteiger partial charge on any atom is -0.345 e. The third-order valence-corrected chi connectivity index (χ3v) is 5.11. The lowest BCUT2D eigenvalue weighted by Gasteiger charge is -2.34. The van der Waals surface area contributed by atoms with Gasteiger partial charge in [-0.1, -0.05) is 43.5 Å². The summed E-state index contributed by atoms with van der Waals surface area (Å²) >= 11 is 5.98. The molecule has 1 fully saturated rings. The van der Waals surface area contributed by atoms with Crippen LogP contribution >= 0.6 is 11.6 Å². The summed E-state index contributed by atoms with van der Waals surface area (Å²) in [5, 5.41) is 9.28. The van der Waals surface area contributed by atoms with E-state index in [0.29, 0.717) is 11.6 Å². The van der Waals surface area contributed by atoms with Crippen LogP contribution in [0.15, 0.2) is 24.3 Å². The second-order valence-electron chi connectivity index (χ2n) is 6.83. The van der Waals surface area contributed by atoms with Crippen LogP contribution in [-0.2, 0) is 15.0 Å². The zero-order chi connectivity index (χ0) is 17.7. The van der Waals surface area contributed by atoms with Crippen LogP contribution in [0.1, 0.15) is 44.6 Å². The molecular weight excluding hydrogens is 328 g/mol. The molecule has 1 saturated carbocycles. The van der Waals surface area contributed by atoms with Crippen LogP contribution < -0.4 is 5.48 Å². The molecule has 2 amide bonds. The first kappa shape index (κ1) is 18.7. The van der Waals surface area contributed by atoms with Gasteiger partial charge in [-0.25, -0.2) is 5.48 Å². The van der Waals surface area contributed by atoms with E-state index < -0.39 is 11.3 Å². The number of benzene rings is 1. The highest BCUT2D eigenvalue weighted by Crippen LogP contribution is 2.42. The van der Waals surface area contributed by atoms with E-state index >= 15 is 0 Å². The number of halogens is 1. The van der Waals surface area contributed by atoms with Crippen molar-refractivity contribution in [3.63, 3.8) is 0 Å². The molecular formula is C18H25ClN2O3. The number of carbonyl (C=O) groups is 2. The molecule has 5 nitrogen and oxygen atoms in total. The van der Waals surface area contributed by atoms with Crippen molar-refractivity contribution >= 4 is 23.4 Å². The summed E-state index contributed by atoms with van der Waals surface area (Å²) in [6.07, 6.45) is 3.92. The average Bonchev–Trinajstić information content (AvgIpc) is 3.05. The molecule has 1 aromatic rings. The van der Waals surface area contributed by atoms with Gasteiger partial charge >= 0.3 is 0 Å². The second kappa shape index (κ2) is 7.99. The maximum absolute atomic E-state index is 13.2. The number of hydrogen-bond donors (Lipinski definition) is 2. The van der Waals surface area contributed by atoms with Crippen LogP contribution in [0.3, 0.4) is 0 Å². The summed E-state index contributed by atoms with van der Waals surface area (Å²) in [7, 11) is 1.78. The number of nitrogens with zero attached hydrogens (tertiary/aromatic N) is 1. The summed E-state index contributed by atoms with van der Waals surface area (Å²) in [6.45, 7) is 2.37. The first-order chi connectivity index (χ1) is 11.4. The second-order valence-corrected chi connectivity index (χ2v) is 7.26. The first-order valence-corrected chi connectivity index (χ1v) is 8.71. The van der Waals surface area contributed by atoms with Gasteiger partial charge in [-0.15, -0.1) is 0 Å². The van der Waals surface area contributed by atoms with Crippen molar-refractivity contribution < 1.29 is 14.8 Å². The molecule has 2 N–H and O–H groups in total. The Morgan fingerprint density at radius 3 is 2.42 bits per heavy atom. The molecule has 6 heteroatoms. The van der Waals surface area contributed by atoms with E-state index in [0.717, 1.165) is 31.2 Å². The maximum Gasteiger partial charge on any atom is 0.243 e. The predicted octanol–water partition coefficient (Wildman–Crippen LogP) is 3.14. The molecule has 0 spiro atoms. The van der Waals surface area contributed by atoms with E-state index in [-0.39, 0.29) is 18.2 Å². The molecule has 0 aliphatic heterocycles. The number of rotatable bonds is 6. The number of nitrogens with one attached hydrogen (secondary N) is 1. The van der Waals surface area contributed by atoms with Crippen molar-refractivity contribution in [1.82, 2.24) is 10.4 Å². The van der Waals surface area contributed by atoms with E-state index in [1.54, 1.807) is 17.4 Å². The van der Waals surface area contributed by atoms with Gasteiger partial charge < -0.3 is 4.90 Å². The van der Waals surface area contributed by atoms with Gasteiger partial charge in [0, 0.05) is 25.0 Å². The van der Waals surface area contributed by atoms with Crippen LogP contribution in [0.5, 0.6) is 0 Å². The van der Waals surface area contributed by atoms with Gasteiger partial charge in [0.05, 0.1) is 5.41 Å². The highest BCUT2D eigenvalue weighted by atomic mass is 35.5. The Kier molecular flexibility index (Phi) is 6.24. The quantitative estimate of drug-likeness (QED) is 0.610. The van der Waals surface area contributed by atoms with Crippen LogP contribution in [0, 0.1) is 5.92 Å². The Labute approximate surface area is 147 Å². The molecule has 1 atom stereocenters. The van der Waals surface area contributed by atoms with E-state index in [1.807, 2.05) is 31.2 Å². The fourth-order valence-corrected chi connectivity index (χ4v) is 3.84. The highest BCUT2D eigenvalue weighted by molar-refractivity contribution is 6.30. The topological polar surface area (TPSA) is 69.6 Å². The minimum absolute atomic E-state index is 0.0326. The van der Waals surface area contributed by atoms with Gasteiger partial charge in [0.2, 0.25) is 11.8 Å². The molecule has 1 aromatic carbocycles. The third-order valence-electron chi connectivity index (χ3n) is 4.85. The van der Waals surface area contributed by atoms with Crippen molar-refractivity contribution in [3.8, 4) is 0 Å². The predicted molar refractivity (Wildman–Crippen MR) is 92.9 cm³/mol. The third kappa shape index (κ3) is 4.08. The monoisotopic (exact) mass is 352 g/mol. The normalized spacial score (nSPS) is 17.3. The lowest BCUT2D eigenvalue weighted by molar-refractivity contribution is -0.137. The molecule has 0 saturated heterocycles. The van der Waals surface area contributed by atoms with Gasteiger partial charge in [0.15, 0.2) is 0 Å². The zero-order valence-corrected chi connectivity index (χ0v) is 15.0. The van der Waals surface area contributed by atoms with Crippen molar-refractivity contribution in [3.05, 3.63) is 34.9 Å². The molecule has 0 aromatic heterocycles. The summed E-state index contributed by atoms with van der Waals surface area (Å²) in [5.41, 5.74) is 2.17. The molecule has 0 heterocycles. The Bertz CT molecular complexity index is 582. The summed E-state index contributed by atoms with van der Waals surface area (Å²) in [4.78, 5) is 26.2.